The number of hydrogen-bond donors (Lipinski definition) is 4. The van der Waals surface area contributed by atoms with Crippen molar-refractivity contribution in [3.8, 4) is 0 Å². The van der Waals surface area contributed by atoms with Gasteiger partial charge in [0.2, 0.25) is 11.1 Å². The molecule has 252 valence electrons. The van der Waals surface area contributed by atoms with Gasteiger partial charge in [0.25, 0.3) is 10.5 Å². The number of carbonyl (C=O) groups is 2. The van der Waals surface area contributed by atoms with Crippen LogP contribution < -0.4 is 10.6 Å². The Morgan fingerprint density at radius 3 is 1.51 bits per heavy atom. The molecule has 0 saturated heterocycles. The van der Waals surface area contributed by atoms with Crippen molar-refractivity contribution < 1.29 is 28.9 Å². The molecule has 0 saturated carbocycles. The summed E-state index contributed by atoms with van der Waals surface area (Å²) < 4.78 is 23.5. The molecule has 2 atom stereocenters. The molecule has 2 amide bonds. The molecule has 0 aliphatic heterocycles. The molecule has 4 N–H and O–H groups in total. The van der Waals surface area contributed by atoms with Crippen molar-refractivity contribution in [1.82, 2.24) is 10.6 Å². The molecule has 0 aromatic carbocycles. The zero-order valence-corrected chi connectivity index (χ0v) is 34.3. The topological polar surface area (TPSA) is 169 Å². The zero-order chi connectivity index (χ0) is 31.6. The van der Waals surface area contributed by atoms with Gasteiger partial charge in [0, 0.05) is 52.9 Å². The number of amides is 2. The Kier molecular flexibility index (Phi) is 40.5. The Balaban J connectivity index is 3.42. The van der Waals surface area contributed by atoms with Gasteiger partial charge in [0.1, 0.15) is 0 Å². The van der Waals surface area contributed by atoms with Crippen LogP contribution in [0.5, 0.6) is 0 Å². The molecule has 0 aliphatic carbocycles. The van der Waals surface area contributed by atoms with Crippen molar-refractivity contribution in [1.29, 1.82) is 0 Å². The highest BCUT2D eigenvalue weighted by atomic mass is 32.3. The van der Waals surface area contributed by atoms with Crippen molar-refractivity contribution >= 4 is 185 Å². The molecule has 2 unspecified atom stereocenters. The third-order valence-electron chi connectivity index (χ3n) is 3.31. The first-order valence-electron chi connectivity index (χ1n) is 11.5. The van der Waals surface area contributed by atoms with E-state index in [9.17, 15) is 18.7 Å². The molecule has 0 bridgehead atoms. The highest BCUT2D eigenvalue weighted by molar-refractivity contribution is 8.29. The van der Waals surface area contributed by atoms with Crippen LogP contribution in [0.1, 0.15) is 0 Å². The minimum Gasteiger partial charge on any atom is -0.610 e. The lowest BCUT2D eigenvalue weighted by molar-refractivity contribution is 0.261. The summed E-state index contributed by atoms with van der Waals surface area (Å²) in [5.74, 6) is 2.21. The maximum absolute atomic E-state index is 12.0. The normalized spacial score (nSPS) is 13.1. The van der Waals surface area contributed by atoms with Gasteiger partial charge in [0.05, 0.1) is 40.5 Å². The van der Waals surface area contributed by atoms with Crippen molar-refractivity contribution in [2.75, 3.05) is 81.1 Å². The average Bonchev–Trinajstić information content (AvgIpc) is 2.99. The van der Waals surface area contributed by atoms with Crippen molar-refractivity contribution in [2.24, 2.45) is 9.98 Å². The molecular weight excluding hydrogens is 829 g/mol. The van der Waals surface area contributed by atoms with Crippen LogP contribution in [0.2, 0.25) is 0 Å². The molecule has 0 spiro atoms. The third-order valence-corrected chi connectivity index (χ3v) is 18.8. The van der Waals surface area contributed by atoms with Crippen molar-refractivity contribution in [3.05, 3.63) is 0 Å². The Morgan fingerprint density at radius 2 is 1.00 bits per heavy atom. The summed E-state index contributed by atoms with van der Waals surface area (Å²) in [6.45, 7) is 0. The first-order valence-corrected chi connectivity index (χ1v) is 27.8. The number of aliphatic hydroxyl groups is 2. The predicted molar refractivity (Wildman–Crippen MR) is 219 cm³/mol. The molecule has 24 heteroatoms. The second kappa shape index (κ2) is 37.8. The van der Waals surface area contributed by atoms with E-state index in [4.69, 9.17) is 10.2 Å². The minimum absolute atomic E-state index is 0.0199. The van der Waals surface area contributed by atoms with Gasteiger partial charge in [-0.05, 0) is 0 Å². The smallest absolute Gasteiger partial charge is 0.280 e. The summed E-state index contributed by atoms with van der Waals surface area (Å²) in [6, 6.07) is 0. The molecule has 0 radical (unpaired) electrons. The third kappa shape index (κ3) is 37.7. The number of nitrogens with one attached hydrogen (secondary N) is 2. The molecule has 0 fully saturated rings. The number of rotatable bonds is 30. The largest absolute Gasteiger partial charge is 0.610 e. The maximum Gasteiger partial charge on any atom is 0.280 e. The van der Waals surface area contributed by atoms with E-state index in [1.165, 1.54) is 46.4 Å². The fourth-order valence-electron chi connectivity index (χ4n) is 1.73. The Morgan fingerprint density at radius 1 is 0.581 bits per heavy atom. The minimum atomic E-state index is -1.14. The van der Waals surface area contributed by atoms with E-state index < -0.39 is 22.4 Å². The van der Waals surface area contributed by atoms with E-state index in [-0.39, 0.29) is 22.4 Å². The fourth-order valence-corrected chi connectivity index (χ4v) is 14.8. The van der Waals surface area contributed by atoms with E-state index in [1.54, 1.807) is 94.1 Å². The van der Waals surface area contributed by atoms with Gasteiger partial charge in [-0.2, -0.15) is 0 Å². The highest BCUT2D eigenvalue weighted by Gasteiger charge is 2.05. The summed E-state index contributed by atoms with van der Waals surface area (Å²) in [5, 5.41) is 29.1. The van der Waals surface area contributed by atoms with Crippen LogP contribution in [0.4, 0.5) is 9.59 Å². The summed E-state index contributed by atoms with van der Waals surface area (Å²) in [4.78, 5) is 31.7. The zero-order valence-electron chi connectivity index (χ0n) is 22.9. The standard InChI is InChI=1S/C19H36N4O6S14/c24-7-34-14-40-18(26)22-3-32-11-37-10-31-2-21-6-43(29)17-39-13-38-15-41-19(27)23-4-33-12-36-9-30-1-20-5-42(28)16-35-8-25/h5-6,24-25H,1-4,7-17H2,(H,22,26)(H,23,27)/b20-5-,21-6-. The van der Waals surface area contributed by atoms with Crippen LogP contribution in [0.15, 0.2) is 9.98 Å². The second-order valence-electron chi connectivity index (χ2n) is 6.46. The van der Waals surface area contributed by atoms with Crippen LogP contribution in [-0.4, -0.2) is 122 Å². The van der Waals surface area contributed by atoms with E-state index in [2.05, 4.69) is 20.6 Å². The predicted octanol–water partition coefficient (Wildman–Crippen LogP) is 6.11. The highest BCUT2D eigenvalue weighted by Crippen LogP contribution is 2.21. The van der Waals surface area contributed by atoms with Gasteiger partial charge in [-0.15, -0.1) is 94.1 Å². The van der Waals surface area contributed by atoms with Gasteiger partial charge in [-0.3, -0.25) is 9.59 Å². The second-order valence-corrected chi connectivity index (χ2v) is 23.9. The molecule has 10 nitrogen and oxygen atoms in total. The first kappa shape index (κ1) is 46.0. The molecular formula is C19H36N4O6S14. The Bertz CT molecular complexity index is 725. The van der Waals surface area contributed by atoms with Gasteiger partial charge in [-0.25, -0.2) is 9.98 Å². The van der Waals surface area contributed by atoms with E-state index in [0.717, 1.165) is 37.2 Å². The van der Waals surface area contributed by atoms with Crippen LogP contribution >= 0.6 is 141 Å². The van der Waals surface area contributed by atoms with E-state index >= 15 is 0 Å². The quantitative estimate of drug-likeness (QED) is 0.0215. The number of carbonyl (C=O) groups excluding carboxylic acids is 2. The molecule has 0 aromatic heterocycles. The van der Waals surface area contributed by atoms with Crippen LogP contribution in [0, 0.1) is 0 Å². The lowest BCUT2D eigenvalue weighted by atomic mass is 11.2. The van der Waals surface area contributed by atoms with Crippen LogP contribution in [-0.2, 0) is 22.4 Å². The lowest BCUT2D eigenvalue weighted by Crippen LogP contribution is -2.17. The number of aliphatic imine (C=N–C) groups is 2. The molecule has 0 aromatic rings. The Hall–Kier alpha value is 3.02. The number of aliphatic hydroxyl groups excluding tert-OH is 2. The van der Waals surface area contributed by atoms with Crippen LogP contribution in [0.3, 0.4) is 0 Å². The fraction of sp³-hybridized carbons (Fsp3) is 0.789. The van der Waals surface area contributed by atoms with Crippen molar-refractivity contribution in [2.45, 2.75) is 0 Å². The maximum atomic E-state index is 12.0. The summed E-state index contributed by atoms with van der Waals surface area (Å²) >= 11 is 15.9. The number of nitrogens with zero attached hydrogens (tertiary/aromatic N) is 2. The lowest BCUT2D eigenvalue weighted by Gasteiger charge is -2.06. The molecule has 0 heterocycles. The monoisotopic (exact) mass is 864 g/mol. The number of thioether (sulfide) groups is 12. The van der Waals surface area contributed by atoms with Gasteiger partial charge >= 0.3 is 0 Å². The SMILES string of the molecule is O=C(NCSCSCSC/N=C\[S+]([O-])CSCSCSC(=O)NCSCSCSC/N=C\[S+]([O-])CSCO)SCSCO. The van der Waals surface area contributed by atoms with Gasteiger partial charge in [0.15, 0.2) is 10.2 Å². The Labute approximate surface area is 312 Å². The summed E-state index contributed by atoms with van der Waals surface area (Å²) in [5.41, 5.74) is 2.93. The van der Waals surface area contributed by atoms with Gasteiger partial charge in [-0.1, -0.05) is 47.0 Å². The summed E-state index contributed by atoms with van der Waals surface area (Å²) in [7, 11) is 0. The number of hydrogen-bond acceptors (Lipinski definition) is 20. The molecule has 0 aliphatic rings. The summed E-state index contributed by atoms with van der Waals surface area (Å²) in [6.07, 6.45) is 0. The van der Waals surface area contributed by atoms with Gasteiger partial charge < -0.3 is 30.0 Å². The van der Waals surface area contributed by atoms with E-state index in [1.807, 2.05) is 0 Å². The van der Waals surface area contributed by atoms with Crippen LogP contribution in [0.25, 0.3) is 0 Å². The average molecular weight is 865 g/mol. The molecule has 0 rings (SSSR count). The first-order chi connectivity index (χ1) is 21.0. The molecule has 43 heavy (non-hydrogen) atoms. The van der Waals surface area contributed by atoms with Crippen molar-refractivity contribution in [3.63, 3.8) is 0 Å². The van der Waals surface area contributed by atoms with E-state index in [0.29, 0.717) is 43.8 Å².